The molecule has 6 unspecified atom stereocenters. The van der Waals surface area contributed by atoms with Gasteiger partial charge in [-0.05, 0) is 49.9 Å². The van der Waals surface area contributed by atoms with E-state index in [1.807, 2.05) is 0 Å². The third-order valence-electron chi connectivity index (χ3n) is 5.84. The molecule has 1 N–H and O–H groups in total. The van der Waals surface area contributed by atoms with Gasteiger partial charge in [0.25, 0.3) is 0 Å². The number of hydrogen-bond acceptors (Lipinski definition) is 1. The Balaban J connectivity index is 0.00000133. The van der Waals surface area contributed by atoms with Crippen LogP contribution in [0.2, 0.25) is 0 Å². The van der Waals surface area contributed by atoms with Crippen LogP contribution in [0.4, 0.5) is 4.39 Å². The Morgan fingerprint density at radius 3 is 2.26 bits per heavy atom. The van der Waals surface area contributed by atoms with E-state index in [-0.39, 0.29) is 41.3 Å². The maximum Gasteiger partial charge on any atom is 0.126 e. The molecule has 0 aromatic rings. The summed E-state index contributed by atoms with van der Waals surface area (Å²) in [6.45, 7) is 0. The fourth-order valence-corrected chi connectivity index (χ4v) is 4.68. The van der Waals surface area contributed by atoms with E-state index in [0.717, 1.165) is 24.2 Å². The van der Waals surface area contributed by atoms with E-state index in [0.29, 0.717) is 18.8 Å². The van der Waals surface area contributed by atoms with Crippen molar-refractivity contribution in [3.63, 3.8) is 0 Å². The van der Waals surface area contributed by atoms with Crippen LogP contribution in [0.25, 0.3) is 0 Å². The zero-order valence-corrected chi connectivity index (χ0v) is 15.5. The minimum absolute atomic E-state index is 0. The number of halogens is 1. The molecule has 0 spiro atoms. The summed E-state index contributed by atoms with van der Waals surface area (Å²) in [5.41, 5.74) is 0. The molecule has 3 rings (SSSR count). The van der Waals surface area contributed by atoms with Crippen LogP contribution in [-0.2, 0) is 0 Å². The molecule has 1 radical (unpaired) electrons. The van der Waals surface area contributed by atoms with E-state index in [9.17, 15) is 9.50 Å². The Hall–Kier alpha value is 1.25. The number of aliphatic hydroxyl groups excluding tert-OH is 1. The molecule has 3 saturated carbocycles. The molecule has 0 aliphatic heterocycles. The molecule has 0 aromatic carbocycles. The zero-order valence-electron chi connectivity index (χ0n) is 11.8. The Bertz CT molecular complexity index is 286. The first-order chi connectivity index (χ1) is 8.74. The Morgan fingerprint density at radius 1 is 0.842 bits per heavy atom. The van der Waals surface area contributed by atoms with Gasteiger partial charge in [-0.15, -0.1) is 0 Å². The first kappa shape index (κ1) is 16.6. The minimum Gasteiger partial charge on any atom is -0.390 e. The predicted octanol–water partition coefficient (Wildman–Crippen LogP) is 3.91. The molecular weight excluding hydrogens is 368 g/mol. The summed E-state index contributed by atoms with van der Waals surface area (Å²) >= 11 is 0. The molecule has 1 nitrogen and oxygen atoms in total. The summed E-state index contributed by atoms with van der Waals surface area (Å²) in [4.78, 5) is 0. The van der Waals surface area contributed by atoms with Crippen molar-refractivity contribution in [1.29, 1.82) is 0 Å². The molecule has 3 fully saturated rings. The molecule has 0 bridgehead atoms. The van der Waals surface area contributed by atoms with Crippen LogP contribution < -0.4 is 0 Å². The SMILES string of the molecule is OC1CCC(C2CCC3C[CH-]CCC3C2)CC1F.[Pr]. The fraction of sp³-hybridized carbons (Fsp3) is 0.938. The summed E-state index contributed by atoms with van der Waals surface area (Å²) in [5, 5.41) is 9.50. The summed E-state index contributed by atoms with van der Waals surface area (Å²) in [7, 11) is 0. The van der Waals surface area contributed by atoms with Gasteiger partial charge in [0, 0.05) is 41.3 Å². The summed E-state index contributed by atoms with van der Waals surface area (Å²) < 4.78 is 13.7. The van der Waals surface area contributed by atoms with Crippen LogP contribution in [0.1, 0.15) is 57.8 Å². The largest absolute Gasteiger partial charge is 0.390 e. The van der Waals surface area contributed by atoms with Crippen molar-refractivity contribution < 1.29 is 50.8 Å². The van der Waals surface area contributed by atoms with Gasteiger partial charge < -0.3 is 11.5 Å². The molecule has 0 amide bonds. The topological polar surface area (TPSA) is 20.2 Å². The van der Waals surface area contributed by atoms with Gasteiger partial charge in [0.15, 0.2) is 0 Å². The van der Waals surface area contributed by atoms with E-state index in [1.54, 1.807) is 0 Å². The summed E-state index contributed by atoms with van der Waals surface area (Å²) in [5.74, 6) is 3.15. The quantitative estimate of drug-likeness (QED) is 0.669. The molecule has 3 aliphatic carbocycles. The maximum absolute atomic E-state index is 13.7. The second kappa shape index (κ2) is 7.50. The first-order valence-corrected chi connectivity index (χ1v) is 7.88. The zero-order chi connectivity index (χ0) is 12.5. The van der Waals surface area contributed by atoms with Crippen LogP contribution in [0, 0.1) is 71.4 Å². The molecule has 6 atom stereocenters. The third-order valence-corrected chi connectivity index (χ3v) is 5.84. The van der Waals surface area contributed by atoms with Crippen molar-refractivity contribution in [2.75, 3.05) is 0 Å². The Morgan fingerprint density at radius 2 is 1.47 bits per heavy atom. The summed E-state index contributed by atoms with van der Waals surface area (Å²) in [6, 6.07) is 0. The van der Waals surface area contributed by atoms with Gasteiger partial charge in [-0.3, -0.25) is 0 Å². The second-order valence-electron chi connectivity index (χ2n) is 6.85. The third kappa shape index (κ3) is 3.92. The van der Waals surface area contributed by atoms with E-state index in [4.69, 9.17) is 0 Å². The molecule has 107 valence electrons. The van der Waals surface area contributed by atoms with Crippen molar-refractivity contribution in [2.24, 2.45) is 23.7 Å². The fourth-order valence-electron chi connectivity index (χ4n) is 4.68. The molecule has 0 aromatic heterocycles. The van der Waals surface area contributed by atoms with Crippen LogP contribution in [-0.4, -0.2) is 17.4 Å². The normalized spacial score (nSPS) is 47.1. The summed E-state index contributed by atoms with van der Waals surface area (Å²) in [6.07, 6.45) is 11.2. The standard InChI is InChI=1S/C16H26FO.Pr/c17-15-10-14(7-8-16(15)18)13-6-5-11-3-1-2-4-12(11)9-13;/h1,11-16,18H,2-10H2;/q-1;. The number of hydrogen-bond donors (Lipinski definition) is 1. The van der Waals surface area contributed by atoms with Crippen LogP contribution in [0.5, 0.6) is 0 Å². The Kier molecular flexibility index (Phi) is 6.56. The predicted molar refractivity (Wildman–Crippen MR) is 70.7 cm³/mol. The van der Waals surface area contributed by atoms with Crippen molar-refractivity contribution in [3.8, 4) is 0 Å². The smallest absolute Gasteiger partial charge is 0.126 e. The van der Waals surface area contributed by atoms with Gasteiger partial charge in [0.05, 0.1) is 6.10 Å². The molecule has 19 heavy (non-hydrogen) atoms. The molecule has 3 heteroatoms. The number of fused-ring (bicyclic) bond motifs is 1. The van der Waals surface area contributed by atoms with E-state index >= 15 is 0 Å². The van der Waals surface area contributed by atoms with Crippen LogP contribution in [0.3, 0.4) is 0 Å². The van der Waals surface area contributed by atoms with Gasteiger partial charge in [-0.1, -0.05) is 18.8 Å². The van der Waals surface area contributed by atoms with Crippen molar-refractivity contribution in [3.05, 3.63) is 6.42 Å². The van der Waals surface area contributed by atoms with Crippen molar-refractivity contribution in [2.45, 2.75) is 70.1 Å². The van der Waals surface area contributed by atoms with Crippen molar-refractivity contribution >= 4 is 0 Å². The monoisotopic (exact) mass is 394 g/mol. The molecule has 0 heterocycles. The minimum atomic E-state index is -0.957. The number of aliphatic hydroxyl groups is 1. The number of rotatable bonds is 1. The van der Waals surface area contributed by atoms with Crippen LogP contribution >= 0.6 is 0 Å². The molecule has 0 saturated heterocycles. The first-order valence-electron chi connectivity index (χ1n) is 7.88. The van der Waals surface area contributed by atoms with Crippen LogP contribution in [0.15, 0.2) is 0 Å². The number of alkyl halides is 1. The van der Waals surface area contributed by atoms with E-state index < -0.39 is 12.3 Å². The average molecular weight is 394 g/mol. The van der Waals surface area contributed by atoms with Gasteiger partial charge in [0.1, 0.15) is 6.17 Å². The van der Waals surface area contributed by atoms with Gasteiger partial charge in [0.2, 0.25) is 0 Å². The van der Waals surface area contributed by atoms with Crippen molar-refractivity contribution in [1.82, 2.24) is 0 Å². The van der Waals surface area contributed by atoms with E-state index in [2.05, 4.69) is 6.42 Å². The average Bonchev–Trinajstić information content (AvgIpc) is 2.41. The molecular formula is C16H26FOPr-. The molecule has 3 aliphatic rings. The maximum atomic E-state index is 13.7. The van der Waals surface area contributed by atoms with Gasteiger partial charge >= 0.3 is 0 Å². The van der Waals surface area contributed by atoms with Gasteiger partial charge in [-0.2, -0.15) is 12.8 Å². The van der Waals surface area contributed by atoms with E-state index in [1.165, 1.54) is 38.5 Å². The second-order valence-corrected chi connectivity index (χ2v) is 6.85. The Labute approximate surface area is 150 Å². The van der Waals surface area contributed by atoms with Gasteiger partial charge in [-0.25, -0.2) is 4.39 Å².